The predicted molar refractivity (Wildman–Crippen MR) is 69.1 cm³/mol. The van der Waals surface area contributed by atoms with Gasteiger partial charge in [0.05, 0.1) is 13.2 Å². The first-order valence-electron chi connectivity index (χ1n) is 6.38. The van der Waals surface area contributed by atoms with E-state index in [4.69, 9.17) is 16.3 Å². The van der Waals surface area contributed by atoms with Crippen molar-refractivity contribution in [2.75, 3.05) is 13.2 Å². The smallest absolute Gasteiger partial charge is 0.0623 e. The van der Waals surface area contributed by atoms with E-state index in [1.54, 1.807) is 0 Å². The van der Waals surface area contributed by atoms with Crippen LogP contribution >= 0.6 is 11.6 Å². The lowest BCUT2D eigenvalue weighted by molar-refractivity contribution is 0.180. The molecule has 1 saturated heterocycles. The Balaban J connectivity index is 1.54. The van der Waals surface area contributed by atoms with E-state index in [9.17, 15) is 0 Å². The maximum Gasteiger partial charge on any atom is 0.0623 e. The highest BCUT2D eigenvalue weighted by atomic mass is 35.5. The lowest BCUT2D eigenvalue weighted by atomic mass is 9.98. The summed E-state index contributed by atoms with van der Waals surface area (Å²) < 4.78 is 5.59. The summed E-state index contributed by atoms with van der Waals surface area (Å²) in [4.78, 5) is 0. The van der Waals surface area contributed by atoms with Gasteiger partial charge < -0.3 is 10.1 Å². The Morgan fingerprint density at radius 3 is 2.65 bits per heavy atom. The minimum atomic E-state index is 0.540. The van der Waals surface area contributed by atoms with E-state index in [1.807, 2.05) is 12.1 Å². The number of ether oxygens (including phenoxy) is 1. The molecule has 1 aromatic rings. The lowest BCUT2D eigenvalue weighted by Crippen LogP contribution is -2.36. The van der Waals surface area contributed by atoms with Crippen molar-refractivity contribution in [2.24, 2.45) is 11.8 Å². The van der Waals surface area contributed by atoms with Crippen LogP contribution in [0, 0.1) is 11.8 Å². The maximum absolute atomic E-state index is 5.87. The molecule has 0 radical (unpaired) electrons. The summed E-state index contributed by atoms with van der Waals surface area (Å²) in [5.74, 6) is 1.66. The van der Waals surface area contributed by atoms with Gasteiger partial charge in [-0.3, -0.25) is 0 Å². The van der Waals surface area contributed by atoms with E-state index in [0.29, 0.717) is 6.04 Å². The first-order chi connectivity index (χ1) is 8.33. The first kappa shape index (κ1) is 11.5. The largest absolute Gasteiger partial charge is 0.379 e. The van der Waals surface area contributed by atoms with E-state index in [2.05, 4.69) is 17.4 Å². The summed E-state index contributed by atoms with van der Waals surface area (Å²) in [5, 5.41) is 4.42. The average molecular weight is 252 g/mol. The molecule has 2 fully saturated rings. The molecule has 92 valence electrons. The monoisotopic (exact) mass is 251 g/mol. The molecule has 2 unspecified atom stereocenters. The minimum Gasteiger partial charge on any atom is -0.379 e. The summed E-state index contributed by atoms with van der Waals surface area (Å²) in [6.45, 7) is 2.73. The van der Waals surface area contributed by atoms with Crippen molar-refractivity contribution in [3.05, 3.63) is 34.9 Å². The predicted octanol–water partition coefficient (Wildman–Crippen LogP) is 2.85. The number of rotatable bonds is 4. The molecule has 0 spiro atoms. The molecule has 1 aliphatic heterocycles. The molecule has 1 saturated carbocycles. The van der Waals surface area contributed by atoms with Crippen LogP contribution in [0.4, 0.5) is 0 Å². The third kappa shape index (κ3) is 2.82. The Kier molecular flexibility index (Phi) is 3.37. The number of benzene rings is 1. The fourth-order valence-electron chi connectivity index (χ4n) is 2.62. The molecule has 1 N–H and O–H groups in total. The van der Waals surface area contributed by atoms with Gasteiger partial charge in [-0.05, 0) is 36.5 Å². The van der Waals surface area contributed by atoms with Crippen LogP contribution in [-0.4, -0.2) is 19.3 Å². The first-order valence-corrected chi connectivity index (χ1v) is 6.76. The fraction of sp³-hybridized carbons (Fsp3) is 0.571. The Hall–Kier alpha value is -0.570. The molecule has 1 aliphatic carbocycles. The molecule has 1 aromatic carbocycles. The number of hydrogen-bond donors (Lipinski definition) is 1. The molecule has 2 atom stereocenters. The molecule has 3 heteroatoms. The third-order valence-corrected chi connectivity index (χ3v) is 4.09. The van der Waals surface area contributed by atoms with Crippen LogP contribution in [0.15, 0.2) is 24.3 Å². The Morgan fingerprint density at radius 2 is 1.94 bits per heavy atom. The maximum atomic E-state index is 5.87. The third-order valence-electron chi connectivity index (χ3n) is 3.83. The van der Waals surface area contributed by atoms with Gasteiger partial charge in [-0.15, -0.1) is 0 Å². The minimum absolute atomic E-state index is 0.540. The fourth-order valence-corrected chi connectivity index (χ4v) is 2.75. The molecule has 0 amide bonds. The van der Waals surface area contributed by atoms with Gasteiger partial charge in [0.1, 0.15) is 0 Å². The van der Waals surface area contributed by atoms with E-state index < -0.39 is 0 Å². The molecule has 1 heterocycles. The second-order valence-electron chi connectivity index (χ2n) is 5.15. The molecule has 0 bridgehead atoms. The van der Waals surface area contributed by atoms with Gasteiger partial charge in [-0.1, -0.05) is 23.7 Å². The van der Waals surface area contributed by atoms with Crippen molar-refractivity contribution < 1.29 is 4.74 Å². The van der Waals surface area contributed by atoms with Crippen LogP contribution < -0.4 is 5.32 Å². The molecular weight excluding hydrogens is 234 g/mol. The van der Waals surface area contributed by atoms with Gasteiger partial charge in [-0.25, -0.2) is 0 Å². The topological polar surface area (TPSA) is 21.3 Å². The van der Waals surface area contributed by atoms with Crippen LogP contribution in [0.5, 0.6) is 0 Å². The van der Waals surface area contributed by atoms with E-state index in [1.165, 1.54) is 18.4 Å². The summed E-state index contributed by atoms with van der Waals surface area (Å²) in [5.41, 5.74) is 1.29. The average Bonchev–Trinajstić information content (AvgIpc) is 3.08. The van der Waals surface area contributed by atoms with Gasteiger partial charge in [0.15, 0.2) is 0 Å². The number of halogens is 1. The van der Waals surface area contributed by atoms with Crippen molar-refractivity contribution >= 4 is 11.6 Å². The number of nitrogens with one attached hydrogen (secondary N) is 1. The molecule has 3 rings (SSSR count). The van der Waals surface area contributed by atoms with Crippen LogP contribution in [0.25, 0.3) is 0 Å². The summed E-state index contributed by atoms with van der Waals surface area (Å²) in [7, 11) is 0. The quantitative estimate of drug-likeness (QED) is 0.889. The SMILES string of the molecule is Clc1ccc(CNC2COCC2C2CC2)cc1. The second kappa shape index (κ2) is 4.97. The zero-order chi connectivity index (χ0) is 11.7. The van der Waals surface area contributed by atoms with Crippen molar-refractivity contribution in [1.29, 1.82) is 0 Å². The summed E-state index contributed by atoms with van der Waals surface area (Å²) in [6.07, 6.45) is 2.79. The normalized spacial score (nSPS) is 28.5. The van der Waals surface area contributed by atoms with Gasteiger partial charge in [0.2, 0.25) is 0 Å². The summed E-state index contributed by atoms with van der Waals surface area (Å²) in [6, 6.07) is 8.59. The van der Waals surface area contributed by atoms with Gasteiger partial charge >= 0.3 is 0 Å². The second-order valence-corrected chi connectivity index (χ2v) is 5.59. The molecule has 2 aliphatic rings. The Morgan fingerprint density at radius 1 is 1.18 bits per heavy atom. The molecule has 17 heavy (non-hydrogen) atoms. The highest BCUT2D eigenvalue weighted by molar-refractivity contribution is 6.30. The van der Waals surface area contributed by atoms with Crippen LogP contribution in [0.1, 0.15) is 18.4 Å². The van der Waals surface area contributed by atoms with E-state index in [-0.39, 0.29) is 0 Å². The highest BCUT2D eigenvalue weighted by Gasteiger charge is 2.39. The molecule has 0 aromatic heterocycles. The highest BCUT2D eigenvalue weighted by Crippen LogP contribution is 2.40. The van der Waals surface area contributed by atoms with Crippen LogP contribution in [-0.2, 0) is 11.3 Å². The molecule has 2 nitrogen and oxygen atoms in total. The van der Waals surface area contributed by atoms with Gasteiger partial charge in [-0.2, -0.15) is 0 Å². The van der Waals surface area contributed by atoms with E-state index in [0.717, 1.165) is 36.6 Å². The summed E-state index contributed by atoms with van der Waals surface area (Å²) >= 11 is 5.87. The van der Waals surface area contributed by atoms with Crippen LogP contribution in [0.2, 0.25) is 5.02 Å². The van der Waals surface area contributed by atoms with Crippen molar-refractivity contribution in [3.8, 4) is 0 Å². The van der Waals surface area contributed by atoms with Gasteiger partial charge in [0, 0.05) is 23.5 Å². The number of hydrogen-bond acceptors (Lipinski definition) is 2. The van der Waals surface area contributed by atoms with Gasteiger partial charge in [0.25, 0.3) is 0 Å². The van der Waals surface area contributed by atoms with Crippen molar-refractivity contribution in [2.45, 2.75) is 25.4 Å². The zero-order valence-electron chi connectivity index (χ0n) is 9.86. The molecular formula is C14H18ClNO. The van der Waals surface area contributed by atoms with E-state index >= 15 is 0 Å². The zero-order valence-corrected chi connectivity index (χ0v) is 10.6. The Labute approximate surface area is 107 Å². The van der Waals surface area contributed by atoms with Crippen molar-refractivity contribution in [1.82, 2.24) is 5.32 Å². The standard InChI is InChI=1S/C14H18ClNO/c15-12-5-1-10(2-6-12)7-16-14-9-17-8-13(14)11-3-4-11/h1-2,5-6,11,13-14,16H,3-4,7-9H2. The van der Waals surface area contributed by atoms with Crippen molar-refractivity contribution in [3.63, 3.8) is 0 Å². The lowest BCUT2D eigenvalue weighted by Gasteiger charge is -2.18. The van der Waals surface area contributed by atoms with Crippen LogP contribution in [0.3, 0.4) is 0 Å². The Bertz CT molecular complexity index is 374.